The number of carbonyl (C=O) groups excluding carboxylic acids is 1. The van der Waals surface area contributed by atoms with E-state index < -0.39 is 0 Å². The van der Waals surface area contributed by atoms with Crippen LogP contribution in [-0.2, 0) is 6.54 Å². The molecule has 0 bridgehead atoms. The molecule has 0 saturated carbocycles. The summed E-state index contributed by atoms with van der Waals surface area (Å²) in [5.74, 6) is 0.209. The van der Waals surface area contributed by atoms with E-state index in [4.69, 9.17) is 11.6 Å². The van der Waals surface area contributed by atoms with Gasteiger partial charge in [0.1, 0.15) is 5.15 Å². The zero-order chi connectivity index (χ0) is 10.7. The van der Waals surface area contributed by atoms with E-state index in [9.17, 15) is 4.79 Å². The number of hydrogen-bond donors (Lipinski definition) is 1. The Labute approximate surface area is 100 Å². The fourth-order valence-corrected chi connectivity index (χ4v) is 1.50. The quantitative estimate of drug-likeness (QED) is 0.894. The second kappa shape index (κ2) is 5.98. The van der Waals surface area contributed by atoms with Crippen LogP contribution in [0.25, 0.3) is 0 Å². The first-order valence-corrected chi connectivity index (χ1v) is 5.00. The SMILES string of the molecule is CCNC(=O)c1nc(C)c(Cl)n1CC.Cl. The van der Waals surface area contributed by atoms with Gasteiger partial charge in [-0.25, -0.2) is 4.98 Å². The van der Waals surface area contributed by atoms with Crippen LogP contribution in [-0.4, -0.2) is 22.0 Å². The van der Waals surface area contributed by atoms with E-state index in [1.165, 1.54) is 0 Å². The van der Waals surface area contributed by atoms with E-state index in [1.54, 1.807) is 11.5 Å². The molecule has 0 aromatic carbocycles. The maximum atomic E-state index is 11.5. The summed E-state index contributed by atoms with van der Waals surface area (Å²) >= 11 is 5.98. The van der Waals surface area contributed by atoms with Crippen molar-refractivity contribution in [3.05, 3.63) is 16.7 Å². The molecule has 0 spiro atoms. The average molecular weight is 252 g/mol. The van der Waals surface area contributed by atoms with Gasteiger partial charge in [0, 0.05) is 13.1 Å². The van der Waals surface area contributed by atoms with Crippen LogP contribution in [0, 0.1) is 6.92 Å². The lowest BCUT2D eigenvalue weighted by molar-refractivity contribution is 0.0941. The number of halogens is 2. The maximum absolute atomic E-state index is 11.5. The fourth-order valence-electron chi connectivity index (χ4n) is 1.26. The monoisotopic (exact) mass is 251 g/mol. The van der Waals surface area contributed by atoms with E-state index >= 15 is 0 Å². The third kappa shape index (κ3) is 2.86. The molecular formula is C9H15Cl2N3O. The van der Waals surface area contributed by atoms with Crippen LogP contribution in [0.15, 0.2) is 0 Å². The number of aromatic nitrogens is 2. The van der Waals surface area contributed by atoms with Crippen LogP contribution in [0.3, 0.4) is 0 Å². The molecule has 0 fully saturated rings. The molecule has 4 nitrogen and oxygen atoms in total. The normalized spacial score (nSPS) is 9.60. The Balaban J connectivity index is 0.00000196. The highest BCUT2D eigenvalue weighted by Crippen LogP contribution is 2.16. The third-order valence-corrected chi connectivity index (χ3v) is 2.40. The highest BCUT2D eigenvalue weighted by Gasteiger charge is 2.16. The maximum Gasteiger partial charge on any atom is 0.287 e. The van der Waals surface area contributed by atoms with Crippen LogP contribution in [0.1, 0.15) is 30.2 Å². The number of aryl methyl sites for hydroxylation is 1. The zero-order valence-corrected chi connectivity index (χ0v) is 10.6. The van der Waals surface area contributed by atoms with Crippen LogP contribution >= 0.6 is 24.0 Å². The third-order valence-electron chi connectivity index (χ3n) is 1.92. The summed E-state index contributed by atoms with van der Waals surface area (Å²) in [6, 6.07) is 0. The highest BCUT2D eigenvalue weighted by molar-refractivity contribution is 6.30. The summed E-state index contributed by atoms with van der Waals surface area (Å²) in [7, 11) is 0. The summed E-state index contributed by atoms with van der Waals surface area (Å²) in [5.41, 5.74) is 0.690. The number of carbonyl (C=O) groups is 1. The van der Waals surface area contributed by atoms with E-state index in [0.29, 0.717) is 29.8 Å². The van der Waals surface area contributed by atoms with Gasteiger partial charge in [0.2, 0.25) is 0 Å². The largest absolute Gasteiger partial charge is 0.350 e. The molecule has 6 heteroatoms. The molecule has 0 aliphatic carbocycles. The van der Waals surface area contributed by atoms with Gasteiger partial charge in [0.15, 0.2) is 5.82 Å². The number of rotatable bonds is 3. The van der Waals surface area contributed by atoms with Crippen molar-refractivity contribution in [2.75, 3.05) is 6.54 Å². The minimum Gasteiger partial charge on any atom is -0.350 e. The molecule has 86 valence electrons. The fraction of sp³-hybridized carbons (Fsp3) is 0.556. The smallest absolute Gasteiger partial charge is 0.287 e. The highest BCUT2D eigenvalue weighted by atomic mass is 35.5. The molecule has 1 rings (SSSR count). The number of imidazole rings is 1. The predicted molar refractivity (Wildman–Crippen MR) is 62.9 cm³/mol. The van der Waals surface area contributed by atoms with Gasteiger partial charge in [-0.1, -0.05) is 11.6 Å². The Morgan fingerprint density at radius 1 is 1.53 bits per heavy atom. The van der Waals surface area contributed by atoms with E-state index in [2.05, 4.69) is 10.3 Å². The van der Waals surface area contributed by atoms with Crippen molar-refractivity contribution in [3.8, 4) is 0 Å². The van der Waals surface area contributed by atoms with Crippen molar-refractivity contribution in [3.63, 3.8) is 0 Å². The Morgan fingerprint density at radius 2 is 2.13 bits per heavy atom. The molecule has 1 aromatic heterocycles. The van der Waals surface area contributed by atoms with Gasteiger partial charge in [0.25, 0.3) is 5.91 Å². The van der Waals surface area contributed by atoms with Crippen molar-refractivity contribution >= 4 is 29.9 Å². The van der Waals surface area contributed by atoms with Crippen LogP contribution in [0.4, 0.5) is 0 Å². The first-order chi connectivity index (χ1) is 6.61. The molecule has 15 heavy (non-hydrogen) atoms. The Bertz CT molecular complexity index is 349. The van der Waals surface area contributed by atoms with Gasteiger partial charge in [-0.05, 0) is 20.8 Å². The van der Waals surface area contributed by atoms with E-state index in [0.717, 1.165) is 0 Å². The molecule has 0 atom stereocenters. The van der Waals surface area contributed by atoms with Gasteiger partial charge in [-0.3, -0.25) is 4.79 Å². The lowest BCUT2D eigenvalue weighted by Gasteiger charge is -2.04. The summed E-state index contributed by atoms with van der Waals surface area (Å²) in [6.45, 7) is 6.82. The summed E-state index contributed by atoms with van der Waals surface area (Å²) in [5, 5.41) is 3.23. The van der Waals surface area contributed by atoms with Crippen molar-refractivity contribution in [1.82, 2.24) is 14.9 Å². The number of hydrogen-bond acceptors (Lipinski definition) is 2. The Kier molecular flexibility index (Phi) is 5.68. The predicted octanol–water partition coefficient (Wildman–Crippen LogP) is 2.04. The second-order valence-electron chi connectivity index (χ2n) is 2.92. The lowest BCUT2D eigenvalue weighted by Crippen LogP contribution is -2.26. The summed E-state index contributed by atoms with van der Waals surface area (Å²) < 4.78 is 1.70. The van der Waals surface area contributed by atoms with Gasteiger partial charge < -0.3 is 9.88 Å². The van der Waals surface area contributed by atoms with E-state index in [1.807, 2.05) is 13.8 Å². The summed E-state index contributed by atoms with van der Waals surface area (Å²) in [4.78, 5) is 15.7. The lowest BCUT2D eigenvalue weighted by atomic mass is 10.5. The average Bonchev–Trinajstić information content (AvgIpc) is 2.44. The number of nitrogens with one attached hydrogen (secondary N) is 1. The molecule has 1 N–H and O–H groups in total. The van der Waals surface area contributed by atoms with Crippen molar-refractivity contribution < 1.29 is 4.79 Å². The molecule has 1 aromatic rings. The van der Waals surface area contributed by atoms with Crippen LogP contribution in [0.2, 0.25) is 5.15 Å². The molecule has 0 aliphatic heterocycles. The van der Waals surface area contributed by atoms with E-state index in [-0.39, 0.29) is 18.3 Å². The number of amides is 1. The first kappa shape index (κ1) is 14.3. The molecule has 0 unspecified atom stereocenters. The zero-order valence-electron chi connectivity index (χ0n) is 9.00. The van der Waals surface area contributed by atoms with Crippen molar-refractivity contribution in [2.45, 2.75) is 27.3 Å². The first-order valence-electron chi connectivity index (χ1n) is 4.62. The Morgan fingerprint density at radius 3 is 2.60 bits per heavy atom. The molecule has 0 saturated heterocycles. The topological polar surface area (TPSA) is 46.9 Å². The minimum absolute atomic E-state index is 0. The number of nitrogens with zero attached hydrogens (tertiary/aromatic N) is 2. The second-order valence-corrected chi connectivity index (χ2v) is 3.27. The summed E-state index contributed by atoms with van der Waals surface area (Å²) in [6.07, 6.45) is 0. The van der Waals surface area contributed by atoms with Crippen LogP contribution in [0.5, 0.6) is 0 Å². The standard InChI is InChI=1S/C9H14ClN3O.ClH/c1-4-11-9(14)8-12-6(3)7(10)13(8)5-2;/h4-5H2,1-3H3,(H,11,14);1H. The van der Waals surface area contributed by atoms with Gasteiger partial charge in [0.05, 0.1) is 5.69 Å². The molecular weight excluding hydrogens is 237 g/mol. The van der Waals surface area contributed by atoms with Crippen molar-refractivity contribution in [2.24, 2.45) is 0 Å². The van der Waals surface area contributed by atoms with Crippen molar-refractivity contribution in [1.29, 1.82) is 0 Å². The molecule has 1 amide bonds. The molecule has 0 aliphatic rings. The Hall–Kier alpha value is -0.740. The van der Waals surface area contributed by atoms with Gasteiger partial charge in [-0.2, -0.15) is 0 Å². The molecule has 0 radical (unpaired) electrons. The minimum atomic E-state index is -0.177. The van der Waals surface area contributed by atoms with Gasteiger partial charge in [-0.15, -0.1) is 12.4 Å². The molecule has 1 heterocycles. The van der Waals surface area contributed by atoms with Crippen LogP contribution < -0.4 is 5.32 Å². The van der Waals surface area contributed by atoms with Gasteiger partial charge >= 0.3 is 0 Å².